The van der Waals surface area contributed by atoms with Crippen molar-refractivity contribution in [1.29, 1.82) is 0 Å². The van der Waals surface area contributed by atoms with Gasteiger partial charge in [0.2, 0.25) is 5.78 Å². The van der Waals surface area contributed by atoms with Crippen molar-refractivity contribution in [3.63, 3.8) is 0 Å². The molecule has 6 N–H and O–H groups in total. The van der Waals surface area contributed by atoms with Gasteiger partial charge >= 0.3 is 0 Å². The number of nitrogens with one attached hydrogen (secondary N) is 2. The van der Waals surface area contributed by atoms with E-state index < -0.39 is 5.78 Å². The molecule has 0 saturated heterocycles. The van der Waals surface area contributed by atoms with Crippen LogP contribution in [0.2, 0.25) is 0 Å². The van der Waals surface area contributed by atoms with Crippen LogP contribution in [0.15, 0.2) is 53.6 Å². The van der Waals surface area contributed by atoms with Crippen LogP contribution in [0.25, 0.3) is 17.0 Å². The molecule has 4 rings (SSSR count). The van der Waals surface area contributed by atoms with Crippen LogP contribution in [0.5, 0.6) is 0 Å². The SMILES string of the molecule is CCCC(CC)c1cc(-c2cnc(N)c(C(=O)C=C(N)c3ccc(CNC4CC4)cc3)n2)c[nH]c1=O.[HH].[HH]. The number of pyridine rings is 1. The molecule has 0 aliphatic heterocycles. The smallest absolute Gasteiger partial charge is 0.251 e. The minimum Gasteiger partial charge on any atom is -0.398 e. The summed E-state index contributed by atoms with van der Waals surface area (Å²) in [6.07, 6.45) is 9.66. The van der Waals surface area contributed by atoms with Crippen LogP contribution in [0, 0.1) is 0 Å². The average molecular weight is 491 g/mol. The number of nitrogens with zero attached hydrogens (tertiary/aromatic N) is 2. The van der Waals surface area contributed by atoms with Gasteiger partial charge in [-0.05, 0) is 48.8 Å². The summed E-state index contributed by atoms with van der Waals surface area (Å²) >= 11 is 0. The maximum absolute atomic E-state index is 13.0. The van der Waals surface area contributed by atoms with Gasteiger partial charge in [0.25, 0.3) is 5.56 Å². The van der Waals surface area contributed by atoms with E-state index in [0.717, 1.165) is 36.9 Å². The maximum Gasteiger partial charge on any atom is 0.251 e. The van der Waals surface area contributed by atoms with Gasteiger partial charge in [0.05, 0.1) is 11.9 Å². The van der Waals surface area contributed by atoms with Crippen molar-refractivity contribution in [3.05, 3.63) is 81.5 Å². The summed E-state index contributed by atoms with van der Waals surface area (Å²) in [5, 5.41) is 3.47. The molecule has 1 atom stereocenters. The lowest BCUT2D eigenvalue weighted by atomic mass is 9.92. The standard InChI is InChI=1S/C28H34N6O2.2H2/c1-3-5-18(4-2)22-12-20(15-33-28(22)36)24-16-32-27(30)26(34-24)25(35)13-23(29)19-8-6-17(7-9-19)14-31-21-10-11-21;;/h6-9,12-13,15-16,18,21,31H,3-5,10-11,14,29H2,1-2H3,(H2,30,32)(H,33,36);2*1H. The van der Waals surface area contributed by atoms with E-state index in [1.165, 1.54) is 25.1 Å². The third-order valence-corrected chi connectivity index (χ3v) is 6.58. The molecular formula is C28H38N6O2. The number of nitrogen functional groups attached to an aromatic ring is 1. The van der Waals surface area contributed by atoms with Gasteiger partial charge in [0.15, 0.2) is 11.5 Å². The zero-order valence-corrected chi connectivity index (χ0v) is 20.9. The Bertz CT molecular complexity index is 1320. The van der Waals surface area contributed by atoms with Crippen LogP contribution in [0.3, 0.4) is 0 Å². The van der Waals surface area contributed by atoms with Crippen molar-refractivity contribution < 1.29 is 7.65 Å². The fourth-order valence-electron chi connectivity index (χ4n) is 4.26. The maximum atomic E-state index is 13.0. The van der Waals surface area contributed by atoms with Gasteiger partial charge < -0.3 is 21.8 Å². The van der Waals surface area contributed by atoms with Crippen LogP contribution in [0.4, 0.5) is 5.82 Å². The van der Waals surface area contributed by atoms with Crippen molar-refractivity contribution in [2.24, 2.45) is 5.73 Å². The summed E-state index contributed by atoms with van der Waals surface area (Å²) in [6, 6.07) is 10.3. The molecule has 192 valence electrons. The number of aromatic amines is 1. The Hall–Kier alpha value is -3.78. The quantitative estimate of drug-likeness (QED) is 0.227. The molecular weight excluding hydrogens is 452 g/mol. The molecule has 2 heterocycles. The molecule has 0 radical (unpaired) electrons. The number of H-pyrrole nitrogens is 1. The summed E-state index contributed by atoms with van der Waals surface area (Å²) in [7, 11) is 0. The number of allylic oxidation sites excluding steroid dienone is 1. The Labute approximate surface area is 214 Å². The van der Waals surface area contributed by atoms with Gasteiger partial charge in [-0.3, -0.25) is 9.59 Å². The number of hydrogen-bond donors (Lipinski definition) is 4. The van der Waals surface area contributed by atoms with Crippen LogP contribution in [0.1, 0.15) is 81.9 Å². The summed E-state index contributed by atoms with van der Waals surface area (Å²) in [5.41, 5.74) is 16.2. The number of nitrogens with two attached hydrogens (primary N) is 2. The lowest BCUT2D eigenvalue weighted by Gasteiger charge is -2.14. The number of benzene rings is 1. The second-order valence-electron chi connectivity index (χ2n) is 9.37. The van der Waals surface area contributed by atoms with E-state index in [-0.39, 0.29) is 25.8 Å². The molecule has 1 unspecified atom stereocenters. The molecule has 2 aromatic heterocycles. The molecule has 3 aromatic rings. The Balaban J connectivity index is 0.00000253. The molecule has 8 nitrogen and oxygen atoms in total. The number of rotatable bonds is 11. The van der Waals surface area contributed by atoms with E-state index in [1.54, 1.807) is 6.20 Å². The van der Waals surface area contributed by atoms with E-state index in [1.807, 2.05) is 30.3 Å². The van der Waals surface area contributed by atoms with E-state index in [2.05, 4.69) is 34.1 Å². The molecule has 1 aliphatic rings. The van der Waals surface area contributed by atoms with Crippen LogP contribution in [-0.2, 0) is 6.54 Å². The summed E-state index contributed by atoms with van der Waals surface area (Å²) in [5.74, 6) is -0.252. The van der Waals surface area contributed by atoms with Crippen LogP contribution in [-0.4, -0.2) is 26.8 Å². The zero-order valence-electron chi connectivity index (χ0n) is 20.9. The highest BCUT2D eigenvalue weighted by atomic mass is 16.1. The topological polar surface area (TPSA) is 140 Å². The molecule has 8 heteroatoms. The molecule has 0 spiro atoms. The van der Waals surface area contributed by atoms with Crippen molar-refractivity contribution in [2.45, 2.75) is 64.5 Å². The highest BCUT2D eigenvalue weighted by molar-refractivity contribution is 6.09. The third kappa shape index (κ3) is 6.07. The Morgan fingerprint density at radius 3 is 2.69 bits per heavy atom. The highest BCUT2D eigenvalue weighted by Crippen LogP contribution is 2.26. The predicted octanol–water partition coefficient (Wildman–Crippen LogP) is 4.63. The number of carbonyl (C=O) groups excluding carboxylic acids is 1. The summed E-state index contributed by atoms with van der Waals surface area (Å²) in [6.45, 7) is 4.99. The molecule has 0 amide bonds. The predicted molar refractivity (Wildman–Crippen MR) is 147 cm³/mol. The molecule has 1 aromatic carbocycles. The molecule has 0 bridgehead atoms. The Morgan fingerprint density at radius 1 is 1.28 bits per heavy atom. The first kappa shape index (κ1) is 25.3. The van der Waals surface area contributed by atoms with E-state index in [4.69, 9.17) is 11.5 Å². The lowest BCUT2D eigenvalue weighted by molar-refractivity contribution is 0.104. The number of ketones is 1. The first-order chi connectivity index (χ1) is 17.4. The van der Waals surface area contributed by atoms with E-state index >= 15 is 0 Å². The third-order valence-electron chi connectivity index (χ3n) is 6.58. The fraction of sp³-hybridized carbons (Fsp3) is 0.357. The van der Waals surface area contributed by atoms with E-state index in [0.29, 0.717) is 28.6 Å². The molecule has 36 heavy (non-hydrogen) atoms. The fourth-order valence-corrected chi connectivity index (χ4v) is 4.26. The van der Waals surface area contributed by atoms with Crippen molar-refractivity contribution in [3.8, 4) is 11.3 Å². The number of carbonyl (C=O) groups is 1. The first-order valence-corrected chi connectivity index (χ1v) is 12.6. The van der Waals surface area contributed by atoms with Crippen LogP contribution >= 0.6 is 0 Å². The zero-order chi connectivity index (χ0) is 25.7. The van der Waals surface area contributed by atoms with Crippen LogP contribution < -0.4 is 22.3 Å². The minimum atomic E-state index is -0.430. The monoisotopic (exact) mass is 490 g/mol. The summed E-state index contributed by atoms with van der Waals surface area (Å²) < 4.78 is 0. The van der Waals surface area contributed by atoms with Gasteiger partial charge in [0.1, 0.15) is 0 Å². The second kappa shape index (κ2) is 11.3. The molecule has 1 aliphatic carbocycles. The normalized spacial score (nSPS) is 14.6. The lowest BCUT2D eigenvalue weighted by Crippen LogP contribution is -2.16. The van der Waals surface area contributed by atoms with Gasteiger partial charge in [-0.25, -0.2) is 9.97 Å². The van der Waals surface area contributed by atoms with Gasteiger partial charge in [0, 0.05) is 44.5 Å². The Morgan fingerprint density at radius 2 is 2.03 bits per heavy atom. The first-order valence-electron chi connectivity index (χ1n) is 12.6. The largest absolute Gasteiger partial charge is 0.398 e. The van der Waals surface area contributed by atoms with Gasteiger partial charge in [-0.2, -0.15) is 0 Å². The number of anilines is 1. The summed E-state index contributed by atoms with van der Waals surface area (Å²) in [4.78, 5) is 37.0. The number of aromatic nitrogens is 3. The van der Waals surface area contributed by atoms with Gasteiger partial charge in [-0.15, -0.1) is 0 Å². The molecule has 1 fully saturated rings. The molecule has 1 saturated carbocycles. The highest BCUT2D eigenvalue weighted by Gasteiger charge is 2.20. The van der Waals surface area contributed by atoms with Crippen molar-refractivity contribution in [2.75, 3.05) is 5.73 Å². The number of hydrogen-bond acceptors (Lipinski definition) is 7. The Kier molecular flexibility index (Phi) is 7.95. The van der Waals surface area contributed by atoms with Crippen molar-refractivity contribution in [1.82, 2.24) is 20.3 Å². The average Bonchev–Trinajstić information content (AvgIpc) is 3.72. The van der Waals surface area contributed by atoms with Gasteiger partial charge in [-0.1, -0.05) is 44.5 Å². The second-order valence-corrected chi connectivity index (χ2v) is 9.37. The minimum absolute atomic E-state index is 0. The van der Waals surface area contributed by atoms with Crippen molar-refractivity contribution >= 4 is 17.3 Å². The van der Waals surface area contributed by atoms with E-state index in [9.17, 15) is 9.59 Å².